The van der Waals surface area contributed by atoms with Gasteiger partial charge in [-0.2, -0.15) is 0 Å². The third kappa shape index (κ3) is 2.05. The maximum atomic E-state index is 11.7. The van der Waals surface area contributed by atoms with Crippen LogP contribution in [0, 0.1) is 0 Å². The predicted molar refractivity (Wildman–Crippen MR) is 73.1 cm³/mol. The van der Waals surface area contributed by atoms with Crippen LogP contribution in [-0.4, -0.2) is 5.16 Å². The average molecular weight is 254 g/mol. The zero-order chi connectivity index (χ0) is 13.4. The summed E-state index contributed by atoms with van der Waals surface area (Å²) in [5.74, 6) is 0.196. The molecule has 0 amide bonds. The Morgan fingerprint density at radius 1 is 1.32 bits per heavy atom. The number of H-pyrrole nitrogens is 1. The molecule has 0 aliphatic carbocycles. The van der Waals surface area contributed by atoms with Gasteiger partial charge in [0.15, 0.2) is 0 Å². The molecule has 19 heavy (non-hydrogen) atoms. The summed E-state index contributed by atoms with van der Waals surface area (Å²) in [6.07, 6.45) is 3.74. The first-order valence-corrected chi connectivity index (χ1v) is 6.24. The molecule has 0 saturated heterocycles. The standard InChI is InChI=1S/C15H14N2O2/c1-9(2)14-12(15(18)19-17-14)8-11-7-10-5-3-4-6-13(10)16-11/h3-9,17H,1-2H3/b11-8+. The van der Waals surface area contributed by atoms with Crippen LogP contribution < -0.4 is 16.2 Å². The number of aromatic amines is 1. The topological polar surface area (TPSA) is 58.4 Å². The van der Waals surface area contributed by atoms with Crippen LogP contribution in [0.2, 0.25) is 0 Å². The summed E-state index contributed by atoms with van der Waals surface area (Å²) in [6.45, 7) is 4.01. The van der Waals surface area contributed by atoms with Crippen molar-refractivity contribution >= 4 is 12.2 Å². The summed E-state index contributed by atoms with van der Waals surface area (Å²) in [5, 5.41) is 4.68. The van der Waals surface area contributed by atoms with E-state index in [4.69, 9.17) is 4.52 Å². The first-order valence-electron chi connectivity index (χ1n) is 6.24. The van der Waals surface area contributed by atoms with Crippen molar-refractivity contribution in [3.63, 3.8) is 0 Å². The van der Waals surface area contributed by atoms with Gasteiger partial charge in [0, 0.05) is 5.22 Å². The lowest BCUT2D eigenvalue weighted by Gasteiger charge is -2.00. The molecule has 1 aliphatic rings. The van der Waals surface area contributed by atoms with Gasteiger partial charge in [-0.3, -0.25) is 0 Å². The van der Waals surface area contributed by atoms with Crippen molar-refractivity contribution in [1.29, 1.82) is 0 Å². The molecule has 0 bridgehead atoms. The summed E-state index contributed by atoms with van der Waals surface area (Å²) in [5.41, 5.74) is 1.78. The fraction of sp³-hybridized carbons (Fsp3) is 0.200. The zero-order valence-electron chi connectivity index (χ0n) is 10.8. The number of hydrogen-bond acceptors (Lipinski definition) is 3. The van der Waals surface area contributed by atoms with Crippen LogP contribution in [0.3, 0.4) is 0 Å². The lowest BCUT2D eigenvalue weighted by Crippen LogP contribution is -2.19. The van der Waals surface area contributed by atoms with Crippen molar-refractivity contribution in [3.05, 3.63) is 62.2 Å². The second-order valence-electron chi connectivity index (χ2n) is 4.86. The highest BCUT2D eigenvalue weighted by molar-refractivity contribution is 5.66. The van der Waals surface area contributed by atoms with Gasteiger partial charge < -0.3 is 4.52 Å². The lowest BCUT2D eigenvalue weighted by atomic mass is 10.1. The van der Waals surface area contributed by atoms with Gasteiger partial charge in [0.25, 0.3) is 0 Å². The molecular formula is C15H14N2O2. The van der Waals surface area contributed by atoms with Crippen molar-refractivity contribution in [2.45, 2.75) is 19.8 Å². The molecule has 2 heterocycles. The molecule has 1 aliphatic heterocycles. The number of para-hydroxylation sites is 1. The fourth-order valence-corrected chi connectivity index (χ4v) is 2.15. The summed E-state index contributed by atoms with van der Waals surface area (Å²) >= 11 is 0. The minimum Gasteiger partial charge on any atom is -0.338 e. The maximum Gasteiger partial charge on any atom is 0.364 e. The molecule has 0 radical (unpaired) electrons. The molecule has 2 aromatic rings. The van der Waals surface area contributed by atoms with E-state index in [9.17, 15) is 4.79 Å². The Hall–Kier alpha value is -2.36. The molecule has 0 spiro atoms. The number of allylic oxidation sites excluding steroid dienone is 1. The van der Waals surface area contributed by atoms with Crippen molar-refractivity contribution < 1.29 is 4.52 Å². The molecule has 1 aromatic heterocycles. The molecule has 1 N–H and O–H groups in total. The highest BCUT2D eigenvalue weighted by atomic mass is 16.5. The SMILES string of the molecule is CC(C)c1[nH]oc(=O)c1/C=C1\C=c2ccccc2=N1. The molecule has 0 saturated carbocycles. The quantitative estimate of drug-likeness (QED) is 0.883. The molecule has 4 nitrogen and oxygen atoms in total. The molecule has 0 fully saturated rings. The smallest absolute Gasteiger partial charge is 0.338 e. The number of nitrogens with zero attached hydrogens (tertiary/aromatic N) is 1. The van der Waals surface area contributed by atoms with E-state index >= 15 is 0 Å². The van der Waals surface area contributed by atoms with E-state index in [0.717, 1.165) is 22.0 Å². The Labute approximate surface area is 109 Å². The van der Waals surface area contributed by atoms with Gasteiger partial charge in [-0.25, -0.2) is 14.9 Å². The Morgan fingerprint density at radius 2 is 2.11 bits per heavy atom. The van der Waals surface area contributed by atoms with Crippen LogP contribution in [0.25, 0.3) is 12.2 Å². The lowest BCUT2D eigenvalue weighted by molar-refractivity contribution is 0.382. The minimum atomic E-state index is -0.351. The van der Waals surface area contributed by atoms with Crippen LogP contribution in [0.15, 0.2) is 44.3 Å². The van der Waals surface area contributed by atoms with Crippen molar-refractivity contribution in [2.75, 3.05) is 0 Å². The Morgan fingerprint density at radius 3 is 2.84 bits per heavy atom. The van der Waals surface area contributed by atoms with E-state index in [-0.39, 0.29) is 11.5 Å². The number of nitrogens with one attached hydrogen (secondary N) is 1. The van der Waals surface area contributed by atoms with Gasteiger partial charge in [0.05, 0.1) is 22.3 Å². The number of hydrogen-bond donors (Lipinski definition) is 1. The van der Waals surface area contributed by atoms with Crippen molar-refractivity contribution in [1.82, 2.24) is 5.16 Å². The normalized spacial score (nSPS) is 15.4. The van der Waals surface area contributed by atoms with E-state index in [2.05, 4.69) is 10.1 Å². The van der Waals surface area contributed by atoms with Gasteiger partial charge in [-0.15, -0.1) is 0 Å². The second kappa shape index (κ2) is 4.39. The van der Waals surface area contributed by atoms with Crippen LogP contribution >= 0.6 is 0 Å². The number of benzene rings is 1. The Kier molecular flexibility index (Phi) is 2.71. The van der Waals surface area contributed by atoms with Crippen LogP contribution in [-0.2, 0) is 0 Å². The van der Waals surface area contributed by atoms with Crippen molar-refractivity contribution in [2.24, 2.45) is 4.99 Å². The number of fused-ring (bicyclic) bond motifs is 1. The summed E-state index contributed by atoms with van der Waals surface area (Å²) < 4.78 is 4.86. The highest BCUT2D eigenvalue weighted by Crippen LogP contribution is 2.18. The number of aromatic nitrogens is 1. The van der Waals surface area contributed by atoms with Crippen LogP contribution in [0.1, 0.15) is 31.0 Å². The molecule has 96 valence electrons. The molecule has 1 aromatic carbocycles. The zero-order valence-corrected chi connectivity index (χ0v) is 10.8. The highest BCUT2D eigenvalue weighted by Gasteiger charge is 2.14. The molecule has 0 atom stereocenters. The van der Waals surface area contributed by atoms with Gasteiger partial charge in [-0.1, -0.05) is 32.0 Å². The van der Waals surface area contributed by atoms with Crippen LogP contribution in [0.4, 0.5) is 0 Å². The molecule has 0 unspecified atom stereocenters. The maximum absolute atomic E-state index is 11.7. The predicted octanol–water partition coefficient (Wildman–Crippen LogP) is 1.55. The van der Waals surface area contributed by atoms with E-state index < -0.39 is 0 Å². The Bertz CT molecular complexity index is 785. The Balaban J connectivity index is 2.13. The van der Waals surface area contributed by atoms with Gasteiger partial charge in [-0.05, 0) is 24.1 Å². The minimum absolute atomic E-state index is 0.196. The summed E-state index contributed by atoms with van der Waals surface area (Å²) in [7, 11) is 0. The van der Waals surface area contributed by atoms with Gasteiger partial charge in [0.2, 0.25) is 0 Å². The summed E-state index contributed by atoms with van der Waals surface area (Å²) in [4.78, 5) is 16.2. The van der Waals surface area contributed by atoms with Gasteiger partial charge >= 0.3 is 5.63 Å². The average Bonchev–Trinajstić information content (AvgIpc) is 2.94. The van der Waals surface area contributed by atoms with E-state index in [1.54, 1.807) is 6.08 Å². The third-order valence-corrected chi connectivity index (χ3v) is 3.12. The monoisotopic (exact) mass is 254 g/mol. The molecule has 3 rings (SSSR count). The number of rotatable bonds is 2. The van der Waals surface area contributed by atoms with E-state index in [0.29, 0.717) is 5.56 Å². The first-order chi connectivity index (χ1) is 9.15. The molecule has 4 heteroatoms. The largest absolute Gasteiger partial charge is 0.364 e. The fourth-order valence-electron chi connectivity index (χ4n) is 2.15. The summed E-state index contributed by atoms with van der Waals surface area (Å²) in [6, 6.07) is 7.87. The van der Waals surface area contributed by atoms with Crippen LogP contribution in [0.5, 0.6) is 0 Å². The second-order valence-corrected chi connectivity index (χ2v) is 4.86. The van der Waals surface area contributed by atoms with E-state index in [1.165, 1.54) is 0 Å². The van der Waals surface area contributed by atoms with E-state index in [1.807, 2.05) is 44.2 Å². The van der Waals surface area contributed by atoms with Gasteiger partial charge in [0.1, 0.15) is 0 Å². The molecular weight excluding hydrogens is 240 g/mol. The van der Waals surface area contributed by atoms with Crippen molar-refractivity contribution in [3.8, 4) is 0 Å². The first kappa shape index (κ1) is 11.7. The third-order valence-electron chi connectivity index (χ3n) is 3.12.